The number of nitrogens with one attached hydrogen (secondary N) is 2. The van der Waals surface area contributed by atoms with Crippen molar-refractivity contribution in [3.8, 4) is 0 Å². The van der Waals surface area contributed by atoms with Crippen LogP contribution in [0.25, 0.3) is 0 Å². The second-order valence-electron chi connectivity index (χ2n) is 6.36. The minimum Gasteiger partial charge on any atom is -0.407 e. The Morgan fingerprint density at radius 1 is 1.23 bits per heavy atom. The monoisotopic (exact) mass is 384 g/mol. The molecule has 2 saturated heterocycles. The fourth-order valence-corrected chi connectivity index (χ4v) is 4.05. The van der Waals surface area contributed by atoms with Gasteiger partial charge < -0.3 is 15.1 Å². The highest BCUT2D eigenvalue weighted by Crippen LogP contribution is 2.33. The highest BCUT2D eigenvalue weighted by molar-refractivity contribution is 7.99. The zero-order valence-electron chi connectivity index (χ0n) is 13.4. The van der Waals surface area contributed by atoms with Crippen LogP contribution in [0.15, 0.2) is 38.8 Å². The van der Waals surface area contributed by atoms with Gasteiger partial charge in [0, 0.05) is 28.6 Å². The largest absolute Gasteiger partial charge is 0.470 e. The van der Waals surface area contributed by atoms with Gasteiger partial charge in [0.25, 0.3) is 11.1 Å². The van der Waals surface area contributed by atoms with Gasteiger partial charge in [0.1, 0.15) is 0 Å². The number of halogens is 3. The lowest BCUT2D eigenvalue weighted by Gasteiger charge is -2.21. The molecule has 2 bridgehead atoms. The molecule has 0 radical (unpaired) electrons. The number of carbonyl (C=O) groups is 1. The van der Waals surface area contributed by atoms with E-state index in [4.69, 9.17) is 0 Å². The van der Waals surface area contributed by atoms with Crippen LogP contribution >= 0.6 is 11.8 Å². The number of carbonyl (C=O) groups excluding carboxylic acids is 1. The maximum Gasteiger partial charge on any atom is 0.470 e. The van der Waals surface area contributed by atoms with E-state index in [9.17, 15) is 18.0 Å². The first-order valence-electron chi connectivity index (χ1n) is 8.14. The van der Waals surface area contributed by atoms with Crippen LogP contribution in [-0.4, -0.2) is 34.2 Å². The Bertz CT molecular complexity index is 809. The van der Waals surface area contributed by atoms with Crippen LogP contribution in [0.3, 0.4) is 0 Å². The third-order valence-corrected chi connectivity index (χ3v) is 5.43. The predicted octanol–water partition coefficient (Wildman–Crippen LogP) is 2.86. The van der Waals surface area contributed by atoms with Crippen LogP contribution < -0.4 is 10.6 Å². The molecule has 6 nitrogen and oxygen atoms in total. The van der Waals surface area contributed by atoms with Gasteiger partial charge in [0.2, 0.25) is 0 Å². The minimum absolute atomic E-state index is 0.148. The van der Waals surface area contributed by atoms with Crippen LogP contribution in [-0.2, 0) is 6.18 Å². The summed E-state index contributed by atoms with van der Waals surface area (Å²) >= 11 is 0.906. The third-order valence-electron chi connectivity index (χ3n) is 4.59. The maximum absolute atomic E-state index is 12.5. The molecule has 1 amide bonds. The van der Waals surface area contributed by atoms with Gasteiger partial charge in [-0.15, -0.1) is 10.2 Å². The summed E-state index contributed by atoms with van der Waals surface area (Å²) < 4.78 is 41.9. The lowest BCUT2D eigenvalue weighted by atomic mass is 9.95. The number of rotatable bonds is 4. The summed E-state index contributed by atoms with van der Waals surface area (Å²) in [5.41, 5.74) is 0.499. The summed E-state index contributed by atoms with van der Waals surface area (Å²) in [5.74, 6) is -1.53. The summed E-state index contributed by atoms with van der Waals surface area (Å²) in [7, 11) is 0. The summed E-state index contributed by atoms with van der Waals surface area (Å²) in [4.78, 5) is 12.9. The lowest BCUT2D eigenvalue weighted by molar-refractivity contribution is -0.158. The van der Waals surface area contributed by atoms with Crippen molar-refractivity contribution in [2.24, 2.45) is 0 Å². The van der Waals surface area contributed by atoms with E-state index >= 15 is 0 Å². The lowest BCUT2D eigenvalue weighted by Crippen LogP contribution is -2.42. The minimum atomic E-state index is -4.66. The van der Waals surface area contributed by atoms with E-state index in [0.717, 1.165) is 31.0 Å². The molecule has 10 heteroatoms. The van der Waals surface area contributed by atoms with Crippen molar-refractivity contribution in [1.29, 1.82) is 0 Å². The molecule has 2 aliphatic rings. The Kier molecular flexibility index (Phi) is 4.39. The Morgan fingerprint density at radius 2 is 2.00 bits per heavy atom. The number of hydrogen-bond acceptors (Lipinski definition) is 6. The van der Waals surface area contributed by atoms with Gasteiger partial charge >= 0.3 is 12.1 Å². The highest BCUT2D eigenvalue weighted by atomic mass is 32.2. The Hall–Kier alpha value is -2.07. The van der Waals surface area contributed by atoms with Crippen molar-refractivity contribution < 1.29 is 22.4 Å². The van der Waals surface area contributed by atoms with E-state index in [1.165, 1.54) is 0 Å². The van der Waals surface area contributed by atoms with E-state index in [0.29, 0.717) is 22.5 Å². The van der Waals surface area contributed by atoms with Crippen molar-refractivity contribution in [3.05, 3.63) is 35.7 Å². The molecule has 2 aromatic rings. The molecule has 2 N–H and O–H groups in total. The number of alkyl halides is 3. The Labute approximate surface area is 150 Å². The second kappa shape index (κ2) is 6.58. The fourth-order valence-electron chi connectivity index (χ4n) is 3.38. The van der Waals surface area contributed by atoms with Crippen LogP contribution in [0, 0.1) is 0 Å². The van der Waals surface area contributed by atoms with Gasteiger partial charge in [-0.1, -0.05) is 0 Å². The first-order chi connectivity index (χ1) is 12.4. The van der Waals surface area contributed by atoms with Crippen LogP contribution in [0.1, 0.15) is 35.5 Å². The van der Waals surface area contributed by atoms with Gasteiger partial charge in [-0.3, -0.25) is 4.79 Å². The van der Waals surface area contributed by atoms with Crippen LogP contribution in [0.5, 0.6) is 0 Å². The van der Waals surface area contributed by atoms with Crippen LogP contribution in [0.4, 0.5) is 13.2 Å². The molecule has 0 unspecified atom stereocenters. The van der Waals surface area contributed by atoms with Crippen LogP contribution in [0.2, 0.25) is 0 Å². The van der Waals surface area contributed by atoms with Gasteiger partial charge in [-0.25, -0.2) is 0 Å². The van der Waals surface area contributed by atoms with Crippen molar-refractivity contribution in [2.75, 3.05) is 0 Å². The number of nitrogens with zero attached hydrogens (tertiary/aromatic N) is 2. The molecule has 2 aliphatic heterocycles. The molecule has 1 aromatic carbocycles. The maximum atomic E-state index is 12.5. The number of aromatic nitrogens is 2. The SMILES string of the molecule is O=C(N[C@@H]1C[C@H]2CC[C@@H]1N2)c1ccc(Sc2nnc(C(F)(F)F)o2)cc1. The molecule has 0 saturated carbocycles. The number of benzene rings is 1. The summed E-state index contributed by atoms with van der Waals surface area (Å²) in [6.45, 7) is 0. The van der Waals surface area contributed by atoms with E-state index < -0.39 is 12.1 Å². The Morgan fingerprint density at radius 3 is 2.58 bits per heavy atom. The predicted molar refractivity (Wildman–Crippen MR) is 85.7 cm³/mol. The topological polar surface area (TPSA) is 80.0 Å². The molecular weight excluding hydrogens is 369 g/mol. The first-order valence-corrected chi connectivity index (χ1v) is 8.95. The summed E-state index contributed by atoms with van der Waals surface area (Å²) in [6.07, 6.45) is -1.48. The Balaban J connectivity index is 1.37. The average molecular weight is 384 g/mol. The molecule has 0 spiro atoms. The van der Waals surface area contributed by atoms with E-state index in [-0.39, 0.29) is 17.2 Å². The second-order valence-corrected chi connectivity index (χ2v) is 7.39. The van der Waals surface area contributed by atoms with Crippen molar-refractivity contribution >= 4 is 17.7 Å². The van der Waals surface area contributed by atoms with Gasteiger partial charge in [0.05, 0.1) is 0 Å². The van der Waals surface area contributed by atoms with Crippen molar-refractivity contribution in [3.63, 3.8) is 0 Å². The number of fused-ring (bicyclic) bond motifs is 2. The van der Waals surface area contributed by atoms with Gasteiger partial charge in [-0.2, -0.15) is 13.2 Å². The molecule has 4 rings (SSSR count). The van der Waals surface area contributed by atoms with Crippen molar-refractivity contribution in [2.45, 2.75) is 53.7 Å². The number of hydrogen-bond donors (Lipinski definition) is 2. The normalized spacial score (nSPS) is 24.8. The molecule has 2 fully saturated rings. The van der Waals surface area contributed by atoms with E-state index in [1.807, 2.05) is 0 Å². The average Bonchev–Trinajstić information content (AvgIpc) is 3.31. The zero-order chi connectivity index (χ0) is 18.3. The summed E-state index contributed by atoms with van der Waals surface area (Å²) in [5, 5.41) is 12.6. The highest BCUT2D eigenvalue weighted by Gasteiger charge is 2.40. The fraction of sp³-hybridized carbons (Fsp3) is 0.438. The standard InChI is InChI=1S/C16H15F3N4O2S/c17-16(18,19)14-22-23-15(25-14)26-10-4-1-8(2-5-10)13(24)21-12-7-9-3-6-11(12)20-9/h1-2,4-5,9,11-12,20H,3,6-7H2,(H,21,24)/t9-,11+,12-/m1/s1. The molecule has 3 heterocycles. The molecule has 0 aliphatic carbocycles. The van der Waals surface area contributed by atoms with Crippen molar-refractivity contribution in [1.82, 2.24) is 20.8 Å². The smallest absolute Gasteiger partial charge is 0.407 e. The molecule has 138 valence electrons. The zero-order valence-corrected chi connectivity index (χ0v) is 14.2. The summed E-state index contributed by atoms with van der Waals surface area (Å²) in [6, 6.07) is 7.51. The molecule has 3 atom stereocenters. The van der Waals surface area contributed by atoms with Gasteiger partial charge in [0.15, 0.2) is 0 Å². The van der Waals surface area contributed by atoms with Gasteiger partial charge in [-0.05, 0) is 55.3 Å². The molecule has 26 heavy (non-hydrogen) atoms. The third kappa shape index (κ3) is 3.56. The van der Waals surface area contributed by atoms with E-state index in [1.54, 1.807) is 24.3 Å². The first kappa shape index (κ1) is 17.3. The quantitative estimate of drug-likeness (QED) is 0.844. The molecule has 1 aromatic heterocycles. The van der Waals surface area contributed by atoms with E-state index in [2.05, 4.69) is 25.2 Å². The number of amides is 1. The molecular formula is C16H15F3N4O2S.